The smallest absolute Gasteiger partial charge is 0.122 e. The largest absolute Gasteiger partial charge is 0.507 e. The van der Waals surface area contributed by atoms with E-state index >= 15 is 0 Å². The molecule has 0 atom stereocenters. The third-order valence-electron chi connectivity index (χ3n) is 10.5. The molecule has 0 radical (unpaired) electrons. The summed E-state index contributed by atoms with van der Waals surface area (Å²) < 4.78 is 10.7. The standard InChI is InChI=1S/C20H30O2.C20H32O2/c1-22-14-15-12-18(16-8-4-2-5-9-16)20(21)19(13-15)17-10-6-3-7-11-17;1-20(2,3)18-13-15(14-22-4)12-17(19(18)21)16-10-8-6-5-7-9-11-16/h12-13,16-17,21H,2-11,14H2,1H3;12-13,16,21H,5-11,14H2,1-4H3. The van der Waals surface area contributed by atoms with Gasteiger partial charge >= 0.3 is 0 Å². The minimum absolute atomic E-state index is 0.0514. The number of hydrogen-bond acceptors (Lipinski definition) is 4. The van der Waals surface area contributed by atoms with E-state index in [1.165, 1.54) is 131 Å². The molecule has 3 aliphatic carbocycles. The first-order valence-electron chi connectivity index (χ1n) is 17.9. The summed E-state index contributed by atoms with van der Waals surface area (Å²) in [6.07, 6.45) is 21.8. The van der Waals surface area contributed by atoms with Crippen molar-refractivity contribution in [2.45, 2.75) is 166 Å². The van der Waals surface area contributed by atoms with Crippen LogP contribution in [-0.2, 0) is 28.1 Å². The first kappa shape index (κ1) is 34.8. The molecule has 4 heteroatoms. The summed E-state index contributed by atoms with van der Waals surface area (Å²) in [6.45, 7) is 7.77. The van der Waals surface area contributed by atoms with Crippen molar-refractivity contribution >= 4 is 0 Å². The van der Waals surface area contributed by atoms with Crippen molar-refractivity contribution in [2.75, 3.05) is 14.2 Å². The lowest BCUT2D eigenvalue weighted by Crippen LogP contribution is -2.14. The van der Waals surface area contributed by atoms with E-state index in [-0.39, 0.29) is 5.41 Å². The summed E-state index contributed by atoms with van der Waals surface area (Å²) in [5.74, 6) is 2.73. The second-order valence-electron chi connectivity index (χ2n) is 15.0. The highest BCUT2D eigenvalue weighted by Gasteiger charge is 2.27. The predicted octanol–water partition coefficient (Wildman–Crippen LogP) is 11.3. The number of aromatic hydroxyl groups is 2. The third-order valence-corrected chi connectivity index (χ3v) is 10.5. The summed E-state index contributed by atoms with van der Waals surface area (Å²) in [5, 5.41) is 21.8. The minimum atomic E-state index is -0.0514. The second-order valence-corrected chi connectivity index (χ2v) is 15.0. The zero-order valence-corrected chi connectivity index (χ0v) is 28.7. The zero-order valence-electron chi connectivity index (χ0n) is 28.7. The van der Waals surface area contributed by atoms with E-state index in [0.29, 0.717) is 42.5 Å². The molecule has 0 aliphatic heterocycles. The van der Waals surface area contributed by atoms with Crippen LogP contribution in [0.3, 0.4) is 0 Å². The second kappa shape index (κ2) is 17.0. The molecule has 246 valence electrons. The lowest BCUT2D eigenvalue weighted by Gasteiger charge is -2.28. The molecule has 0 bridgehead atoms. The number of hydrogen-bond donors (Lipinski definition) is 2. The fourth-order valence-electron chi connectivity index (χ4n) is 8.06. The van der Waals surface area contributed by atoms with Crippen LogP contribution in [0.5, 0.6) is 11.5 Å². The highest BCUT2D eigenvalue weighted by Crippen LogP contribution is 2.45. The number of rotatable bonds is 7. The van der Waals surface area contributed by atoms with E-state index in [1.54, 1.807) is 14.2 Å². The maximum Gasteiger partial charge on any atom is 0.122 e. The average Bonchev–Trinajstić information content (AvgIpc) is 3.00. The Kier molecular flexibility index (Phi) is 13.5. The Hall–Kier alpha value is -2.04. The average molecular weight is 607 g/mol. The first-order valence-corrected chi connectivity index (χ1v) is 17.9. The van der Waals surface area contributed by atoms with Crippen LogP contribution in [0.4, 0.5) is 0 Å². The van der Waals surface area contributed by atoms with Gasteiger partial charge in [-0.15, -0.1) is 0 Å². The molecule has 0 unspecified atom stereocenters. The van der Waals surface area contributed by atoms with Gasteiger partial charge in [0.05, 0.1) is 13.2 Å². The van der Waals surface area contributed by atoms with Crippen LogP contribution in [0.15, 0.2) is 24.3 Å². The molecule has 2 N–H and O–H groups in total. The van der Waals surface area contributed by atoms with Crippen molar-refractivity contribution in [3.63, 3.8) is 0 Å². The van der Waals surface area contributed by atoms with Gasteiger partial charge in [-0.1, -0.05) is 91.4 Å². The van der Waals surface area contributed by atoms with Crippen molar-refractivity contribution in [1.29, 1.82) is 0 Å². The van der Waals surface area contributed by atoms with Crippen LogP contribution in [0.1, 0.15) is 181 Å². The van der Waals surface area contributed by atoms with Crippen molar-refractivity contribution in [3.8, 4) is 11.5 Å². The summed E-state index contributed by atoms with van der Waals surface area (Å²) in [5.41, 5.74) is 6.98. The van der Waals surface area contributed by atoms with Gasteiger partial charge in [0.1, 0.15) is 11.5 Å². The van der Waals surface area contributed by atoms with E-state index < -0.39 is 0 Å². The van der Waals surface area contributed by atoms with E-state index in [4.69, 9.17) is 9.47 Å². The van der Waals surface area contributed by atoms with Gasteiger partial charge in [-0.25, -0.2) is 0 Å². The lowest BCUT2D eigenvalue weighted by atomic mass is 9.78. The number of phenols is 2. The van der Waals surface area contributed by atoms with Crippen LogP contribution in [0.2, 0.25) is 0 Å². The molecule has 2 aromatic carbocycles. The number of methoxy groups -OCH3 is 2. The van der Waals surface area contributed by atoms with Gasteiger partial charge in [0.15, 0.2) is 0 Å². The van der Waals surface area contributed by atoms with E-state index in [2.05, 4.69) is 45.0 Å². The molecule has 4 nitrogen and oxygen atoms in total. The quantitative estimate of drug-likeness (QED) is 0.329. The van der Waals surface area contributed by atoms with Gasteiger partial charge in [0.2, 0.25) is 0 Å². The Labute approximate surface area is 269 Å². The van der Waals surface area contributed by atoms with Crippen LogP contribution in [-0.4, -0.2) is 24.4 Å². The van der Waals surface area contributed by atoms with Gasteiger partial charge in [-0.3, -0.25) is 0 Å². The molecule has 0 heterocycles. The van der Waals surface area contributed by atoms with Crippen molar-refractivity contribution in [2.24, 2.45) is 0 Å². The molecule has 2 aromatic rings. The van der Waals surface area contributed by atoms with Crippen LogP contribution < -0.4 is 0 Å². The van der Waals surface area contributed by atoms with Gasteiger partial charge < -0.3 is 19.7 Å². The SMILES string of the molecule is COCc1cc(C2CCCCC2)c(O)c(C2CCCCC2)c1.COCc1cc(C2CCCCCCC2)c(O)c(C(C)(C)C)c1. The van der Waals surface area contributed by atoms with Gasteiger partial charge in [-0.2, -0.15) is 0 Å². The monoisotopic (exact) mass is 606 g/mol. The number of phenolic OH excluding ortho intramolecular Hbond substituents is 2. The highest BCUT2D eigenvalue weighted by atomic mass is 16.5. The summed E-state index contributed by atoms with van der Waals surface area (Å²) in [6, 6.07) is 8.72. The topological polar surface area (TPSA) is 58.9 Å². The highest BCUT2D eigenvalue weighted by molar-refractivity contribution is 5.49. The van der Waals surface area contributed by atoms with Crippen molar-refractivity contribution in [3.05, 3.63) is 57.6 Å². The molecule has 3 fully saturated rings. The minimum Gasteiger partial charge on any atom is -0.507 e. The Bertz CT molecular complexity index is 1100. The molecule has 0 amide bonds. The van der Waals surface area contributed by atoms with Crippen LogP contribution >= 0.6 is 0 Å². The zero-order chi connectivity index (χ0) is 31.5. The Balaban J connectivity index is 0.000000201. The van der Waals surface area contributed by atoms with Gasteiger partial charge in [-0.05, 0) is 119 Å². The molecule has 0 spiro atoms. The molecular weight excluding hydrogens is 544 g/mol. The third kappa shape index (κ3) is 9.49. The normalized spacial score (nSPS) is 19.6. The Morgan fingerprint density at radius 2 is 0.841 bits per heavy atom. The fourth-order valence-corrected chi connectivity index (χ4v) is 8.06. The van der Waals surface area contributed by atoms with Crippen molar-refractivity contribution in [1.82, 2.24) is 0 Å². The van der Waals surface area contributed by atoms with Gasteiger partial charge in [0, 0.05) is 14.2 Å². The lowest BCUT2D eigenvalue weighted by molar-refractivity contribution is 0.184. The van der Waals surface area contributed by atoms with Crippen LogP contribution in [0.25, 0.3) is 0 Å². The van der Waals surface area contributed by atoms with E-state index in [0.717, 1.165) is 11.1 Å². The summed E-state index contributed by atoms with van der Waals surface area (Å²) in [7, 11) is 3.49. The Morgan fingerprint density at radius 3 is 1.20 bits per heavy atom. The molecule has 3 aliphatic rings. The molecule has 44 heavy (non-hydrogen) atoms. The summed E-state index contributed by atoms with van der Waals surface area (Å²) in [4.78, 5) is 0. The van der Waals surface area contributed by atoms with Crippen molar-refractivity contribution < 1.29 is 19.7 Å². The molecule has 0 aromatic heterocycles. The maximum absolute atomic E-state index is 10.9. The first-order chi connectivity index (χ1) is 21.2. The predicted molar refractivity (Wildman–Crippen MR) is 183 cm³/mol. The Morgan fingerprint density at radius 1 is 0.523 bits per heavy atom. The molecule has 5 rings (SSSR count). The molecule has 3 saturated carbocycles. The van der Waals surface area contributed by atoms with E-state index in [1.807, 2.05) is 0 Å². The van der Waals surface area contributed by atoms with E-state index in [9.17, 15) is 10.2 Å². The van der Waals surface area contributed by atoms with Crippen LogP contribution in [0, 0.1) is 0 Å². The maximum atomic E-state index is 10.9. The number of benzene rings is 2. The number of ether oxygens (including phenoxy) is 2. The van der Waals surface area contributed by atoms with Gasteiger partial charge in [0.25, 0.3) is 0 Å². The summed E-state index contributed by atoms with van der Waals surface area (Å²) >= 11 is 0. The molecule has 0 saturated heterocycles. The molecular formula is C40H62O4. The fraction of sp³-hybridized carbons (Fsp3) is 0.700.